The number of methoxy groups -OCH3 is 1. The summed E-state index contributed by atoms with van der Waals surface area (Å²) < 4.78 is 4.79. The molecule has 0 bridgehead atoms. The van der Waals surface area contributed by atoms with Crippen molar-refractivity contribution < 1.29 is 14.3 Å². The molecule has 4 rings (SSSR count). The summed E-state index contributed by atoms with van der Waals surface area (Å²) >= 11 is 0. The number of aryl methyl sites for hydroxylation is 3. The molecule has 0 aliphatic carbocycles. The molecule has 1 fully saturated rings. The summed E-state index contributed by atoms with van der Waals surface area (Å²) in [7, 11) is 1.33. The molecule has 2 aromatic carbocycles. The summed E-state index contributed by atoms with van der Waals surface area (Å²) in [5, 5.41) is 3.31. The van der Waals surface area contributed by atoms with Crippen molar-refractivity contribution in [1.82, 2.24) is 14.9 Å². The monoisotopic (exact) mass is 458 g/mol. The van der Waals surface area contributed by atoms with Crippen molar-refractivity contribution in [2.45, 2.75) is 39.7 Å². The average Bonchev–Trinajstić information content (AvgIpc) is 2.84. The van der Waals surface area contributed by atoms with Gasteiger partial charge in [-0.05, 0) is 68.0 Å². The van der Waals surface area contributed by atoms with E-state index in [4.69, 9.17) is 4.74 Å². The molecule has 3 aromatic rings. The van der Waals surface area contributed by atoms with Crippen LogP contribution < -0.4 is 5.32 Å². The van der Waals surface area contributed by atoms with Gasteiger partial charge in [-0.1, -0.05) is 36.4 Å². The highest BCUT2D eigenvalue weighted by Crippen LogP contribution is 2.28. The number of nitrogens with zero attached hydrogens (tertiary/aromatic N) is 3. The normalized spacial score (nSPS) is 15.6. The van der Waals surface area contributed by atoms with E-state index in [-0.39, 0.29) is 17.6 Å². The highest BCUT2D eigenvalue weighted by atomic mass is 16.5. The molecule has 1 unspecified atom stereocenters. The van der Waals surface area contributed by atoms with Crippen molar-refractivity contribution in [2.24, 2.45) is 0 Å². The lowest BCUT2D eigenvalue weighted by atomic mass is 9.95. The first-order valence-corrected chi connectivity index (χ1v) is 11.5. The van der Waals surface area contributed by atoms with Crippen molar-refractivity contribution in [3.63, 3.8) is 0 Å². The number of esters is 1. The van der Waals surface area contributed by atoms with E-state index < -0.39 is 5.97 Å². The number of nitrogens with one attached hydrogen (secondary N) is 1. The van der Waals surface area contributed by atoms with E-state index in [9.17, 15) is 9.59 Å². The second-order valence-corrected chi connectivity index (χ2v) is 8.79. The summed E-state index contributed by atoms with van der Waals surface area (Å²) in [5.74, 6) is -0.118. The Morgan fingerprint density at radius 2 is 1.82 bits per heavy atom. The third-order valence-corrected chi connectivity index (χ3v) is 6.27. The Kier molecular flexibility index (Phi) is 6.91. The summed E-state index contributed by atoms with van der Waals surface area (Å²) in [6.45, 7) is 7.21. The van der Waals surface area contributed by atoms with E-state index in [0.29, 0.717) is 30.3 Å². The van der Waals surface area contributed by atoms with Crippen LogP contribution in [0.5, 0.6) is 0 Å². The fraction of sp³-hybridized carbons (Fsp3) is 0.333. The fourth-order valence-electron chi connectivity index (χ4n) is 4.30. The zero-order chi connectivity index (χ0) is 24.2. The molecular formula is C27H30N4O3. The van der Waals surface area contributed by atoms with Crippen molar-refractivity contribution in [3.8, 4) is 11.1 Å². The first-order chi connectivity index (χ1) is 16.4. The topological polar surface area (TPSA) is 84.4 Å². The Balaban J connectivity index is 1.53. The first-order valence-electron chi connectivity index (χ1n) is 11.5. The van der Waals surface area contributed by atoms with Gasteiger partial charge in [0.05, 0.1) is 7.11 Å². The Morgan fingerprint density at radius 1 is 1.03 bits per heavy atom. The van der Waals surface area contributed by atoms with Gasteiger partial charge < -0.3 is 15.0 Å². The number of amides is 1. The Morgan fingerprint density at radius 3 is 2.59 bits per heavy atom. The molecule has 1 amide bonds. The highest BCUT2D eigenvalue weighted by molar-refractivity contribution is 6.01. The van der Waals surface area contributed by atoms with Crippen LogP contribution in [0.4, 0.5) is 5.95 Å². The minimum atomic E-state index is -0.503. The van der Waals surface area contributed by atoms with Gasteiger partial charge in [0.2, 0.25) is 5.95 Å². The quantitative estimate of drug-likeness (QED) is 0.564. The molecule has 1 aliphatic heterocycles. The largest absolute Gasteiger partial charge is 0.464 e. The van der Waals surface area contributed by atoms with Gasteiger partial charge in [0.25, 0.3) is 5.91 Å². The number of rotatable bonds is 5. The lowest BCUT2D eigenvalue weighted by molar-refractivity contribution is 0.0593. The Labute approximate surface area is 200 Å². The number of carbonyl (C=O) groups excluding carboxylic acids is 2. The van der Waals surface area contributed by atoms with Crippen molar-refractivity contribution in [3.05, 3.63) is 76.6 Å². The van der Waals surface area contributed by atoms with E-state index in [1.54, 1.807) is 13.0 Å². The molecule has 34 heavy (non-hydrogen) atoms. The predicted octanol–water partition coefficient (Wildman–Crippen LogP) is 4.57. The van der Waals surface area contributed by atoms with Gasteiger partial charge in [-0.25, -0.2) is 14.8 Å². The number of piperidine rings is 1. The standard InChI is InChI=1S/C27H30N4O3/c1-17-11-12-20(14-18(17)2)22-9-5-6-10-23(22)25(32)31-13-7-8-21(16-31)29-27-28-19(3)15-24(30-27)26(33)34-4/h5-6,9-12,14-15,21H,7-8,13,16H2,1-4H3,(H,28,29,30). The molecule has 2 heterocycles. The molecule has 1 aliphatic rings. The van der Waals surface area contributed by atoms with Crippen LogP contribution in [-0.2, 0) is 4.74 Å². The van der Waals surface area contributed by atoms with E-state index in [1.165, 1.54) is 18.2 Å². The lowest BCUT2D eigenvalue weighted by Gasteiger charge is -2.33. The first kappa shape index (κ1) is 23.4. The molecule has 0 radical (unpaired) electrons. The van der Waals surface area contributed by atoms with E-state index >= 15 is 0 Å². The van der Waals surface area contributed by atoms with Crippen molar-refractivity contribution in [1.29, 1.82) is 0 Å². The molecule has 1 saturated heterocycles. The molecule has 1 atom stereocenters. The second-order valence-electron chi connectivity index (χ2n) is 8.79. The number of carbonyl (C=O) groups is 2. The van der Waals surface area contributed by atoms with Gasteiger partial charge in [0.15, 0.2) is 5.69 Å². The SMILES string of the molecule is COC(=O)c1cc(C)nc(NC2CCCN(C(=O)c3ccccc3-c3ccc(C)c(C)c3)C2)n1. The van der Waals surface area contributed by atoms with Crippen molar-refractivity contribution in [2.75, 3.05) is 25.5 Å². The van der Waals surface area contributed by atoms with Crippen LogP contribution >= 0.6 is 0 Å². The zero-order valence-corrected chi connectivity index (χ0v) is 20.1. The summed E-state index contributed by atoms with van der Waals surface area (Å²) in [4.78, 5) is 36.1. The second kappa shape index (κ2) is 10.0. The highest BCUT2D eigenvalue weighted by Gasteiger charge is 2.27. The summed E-state index contributed by atoms with van der Waals surface area (Å²) in [6.07, 6.45) is 1.75. The molecule has 0 saturated carbocycles. The molecule has 7 heteroatoms. The maximum Gasteiger partial charge on any atom is 0.356 e. The maximum atomic E-state index is 13.6. The number of likely N-dealkylation sites (tertiary alicyclic amines) is 1. The number of aromatic nitrogens is 2. The number of benzene rings is 2. The van der Waals surface area contributed by atoms with Gasteiger partial charge in [0, 0.05) is 30.4 Å². The molecule has 1 N–H and O–H groups in total. The van der Waals surface area contributed by atoms with Crippen molar-refractivity contribution >= 4 is 17.8 Å². The van der Waals surface area contributed by atoms with Crippen LogP contribution in [0, 0.1) is 20.8 Å². The summed E-state index contributed by atoms with van der Waals surface area (Å²) in [6, 6.07) is 15.7. The number of hydrogen-bond donors (Lipinski definition) is 1. The molecule has 1 aromatic heterocycles. The van der Waals surface area contributed by atoms with E-state index in [1.807, 2.05) is 29.2 Å². The van der Waals surface area contributed by atoms with E-state index in [2.05, 4.69) is 47.3 Å². The minimum absolute atomic E-state index is 0.0146. The number of ether oxygens (including phenoxy) is 1. The molecule has 7 nitrogen and oxygen atoms in total. The average molecular weight is 459 g/mol. The van der Waals surface area contributed by atoms with E-state index in [0.717, 1.165) is 24.0 Å². The van der Waals surface area contributed by atoms with Gasteiger partial charge in [-0.15, -0.1) is 0 Å². The van der Waals surface area contributed by atoms with Gasteiger partial charge in [-0.2, -0.15) is 0 Å². The number of hydrogen-bond acceptors (Lipinski definition) is 6. The Bertz CT molecular complexity index is 1220. The van der Waals surface area contributed by atoms with Crippen LogP contribution in [0.2, 0.25) is 0 Å². The lowest BCUT2D eigenvalue weighted by Crippen LogP contribution is -2.45. The third kappa shape index (κ3) is 5.09. The van der Waals surface area contributed by atoms with Gasteiger partial charge >= 0.3 is 5.97 Å². The zero-order valence-electron chi connectivity index (χ0n) is 20.1. The van der Waals surface area contributed by atoms with Gasteiger partial charge in [-0.3, -0.25) is 4.79 Å². The summed E-state index contributed by atoms with van der Waals surface area (Å²) in [5.41, 5.74) is 5.99. The minimum Gasteiger partial charge on any atom is -0.464 e. The third-order valence-electron chi connectivity index (χ3n) is 6.27. The molecule has 176 valence electrons. The Hall–Kier alpha value is -3.74. The van der Waals surface area contributed by atoms with Crippen LogP contribution in [0.25, 0.3) is 11.1 Å². The predicted molar refractivity (Wildman–Crippen MR) is 132 cm³/mol. The number of anilines is 1. The fourth-order valence-corrected chi connectivity index (χ4v) is 4.30. The van der Waals surface area contributed by atoms with Crippen LogP contribution in [0.15, 0.2) is 48.5 Å². The van der Waals surface area contributed by atoms with Crippen LogP contribution in [-0.4, -0.2) is 53.0 Å². The maximum absolute atomic E-state index is 13.6. The van der Waals surface area contributed by atoms with Gasteiger partial charge in [0.1, 0.15) is 0 Å². The molecule has 0 spiro atoms. The molecular weight excluding hydrogens is 428 g/mol. The van der Waals surface area contributed by atoms with Crippen LogP contribution in [0.3, 0.4) is 0 Å². The smallest absolute Gasteiger partial charge is 0.356 e. The van der Waals surface area contributed by atoms with Crippen LogP contribution in [0.1, 0.15) is 50.5 Å².